The third kappa shape index (κ3) is 4.16. The maximum atomic E-state index is 12.9. The lowest BCUT2D eigenvalue weighted by molar-refractivity contribution is -0.117. The second-order valence-electron chi connectivity index (χ2n) is 8.33. The molecule has 1 atom stereocenters. The molecule has 1 amide bonds. The maximum Gasteiger partial charge on any atom is 0.227 e. The van der Waals surface area contributed by atoms with Crippen molar-refractivity contribution in [3.63, 3.8) is 0 Å². The van der Waals surface area contributed by atoms with E-state index in [-0.39, 0.29) is 11.8 Å². The molecule has 4 aromatic rings. The van der Waals surface area contributed by atoms with Crippen LogP contribution in [0.25, 0.3) is 11.0 Å². The van der Waals surface area contributed by atoms with Crippen LogP contribution in [0.1, 0.15) is 23.7 Å². The molecule has 5 rings (SSSR count). The normalized spacial score (nSPS) is 15.9. The van der Waals surface area contributed by atoms with Crippen LogP contribution in [0.3, 0.4) is 0 Å². The summed E-state index contributed by atoms with van der Waals surface area (Å²) in [5.41, 5.74) is 3.97. The minimum atomic E-state index is 0.00885. The van der Waals surface area contributed by atoms with Crippen molar-refractivity contribution in [1.82, 2.24) is 9.55 Å². The van der Waals surface area contributed by atoms with Crippen molar-refractivity contribution in [2.75, 3.05) is 25.2 Å². The van der Waals surface area contributed by atoms with Crippen molar-refractivity contribution in [3.05, 3.63) is 84.2 Å². The zero-order valence-electron chi connectivity index (χ0n) is 18.9. The number of imidazole rings is 1. The fourth-order valence-corrected chi connectivity index (χ4v) is 4.51. The molecule has 2 heterocycles. The minimum absolute atomic E-state index is 0.00885. The highest BCUT2D eigenvalue weighted by molar-refractivity contribution is 5.96. The number of benzene rings is 3. The van der Waals surface area contributed by atoms with E-state index in [0.29, 0.717) is 26.1 Å². The first-order chi connectivity index (χ1) is 16.1. The van der Waals surface area contributed by atoms with Crippen LogP contribution in [-0.2, 0) is 11.3 Å². The summed E-state index contributed by atoms with van der Waals surface area (Å²) in [6.45, 7) is 3.82. The smallest absolute Gasteiger partial charge is 0.227 e. The van der Waals surface area contributed by atoms with Crippen molar-refractivity contribution in [2.45, 2.75) is 25.8 Å². The van der Waals surface area contributed by atoms with Gasteiger partial charge in [0.15, 0.2) is 0 Å². The summed E-state index contributed by atoms with van der Waals surface area (Å²) in [5, 5.41) is 0. The van der Waals surface area contributed by atoms with Crippen LogP contribution >= 0.6 is 0 Å². The summed E-state index contributed by atoms with van der Waals surface area (Å²) in [4.78, 5) is 19.7. The van der Waals surface area contributed by atoms with Gasteiger partial charge < -0.3 is 18.9 Å². The van der Waals surface area contributed by atoms with E-state index in [9.17, 15) is 4.79 Å². The number of carbonyl (C=O) groups excluding carboxylic acids is 1. The molecule has 1 fully saturated rings. The number of rotatable bonds is 7. The van der Waals surface area contributed by atoms with Crippen LogP contribution in [0.5, 0.6) is 11.5 Å². The second kappa shape index (κ2) is 8.98. The predicted molar refractivity (Wildman–Crippen MR) is 129 cm³/mol. The van der Waals surface area contributed by atoms with Gasteiger partial charge in [0.05, 0.1) is 24.7 Å². The number of methoxy groups -OCH3 is 1. The molecular formula is C27H27N3O3. The molecule has 1 aromatic heterocycles. The summed E-state index contributed by atoms with van der Waals surface area (Å²) in [6.07, 6.45) is 0.430. The molecule has 0 saturated carbocycles. The molecule has 33 heavy (non-hydrogen) atoms. The van der Waals surface area contributed by atoms with Crippen LogP contribution in [0.2, 0.25) is 0 Å². The second-order valence-corrected chi connectivity index (χ2v) is 8.33. The standard InChI is InChI=1S/C27H27N3O3/c1-19-8-3-6-13-25(19)33-15-14-29-24-12-5-4-11-23(24)28-27(29)20-16-26(31)30(18-20)21-9-7-10-22(17-21)32-2/h3-13,17,20H,14-16,18H2,1-2H3/t20-/m0/s1. The molecule has 1 saturated heterocycles. The Morgan fingerprint density at radius 2 is 1.85 bits per heavy atom. The molecule has 0 bridgehead atoms. The van der Waals surface area contributed by atoms with Crippen LogP contribution < -0.4 is 14.4 Å². The Balaban J connectivity index is 1.41. The van der Waals surface area contributed by atoms with E-state index >= 15 is 0 Å². The fourth-order valence-electron chi connectivity index (χ4n) is 4.51. The van der Waals surface area contributed by atoms with E-state index in [0.717, 1.165) is 39.6 Å². The summed E-state index contributed by atoms with van der Waals surface area (Å²) < 4.78 is 13.6. The molecule has 0 unspecified atom stereocenters. The van der Waals surface area contributed by atoms with E-state index in [1.807, 2.05) is 78.6 Å². The van der Waals surface area contributed by atoms with Crippen LogP contribution in [0.15, 0.2) is 72.8 Å². The lowest BCUT2D eigenvalue weighted by atomic mass is 10.1. The van der Waals surface area contributed by atoms with Crippen LogP contribution in [0.4, 0.5) is 5.69 Å². The predicted octanol–water partition coefficient (Wildman–Crippen LogP) is 4.95. The van der Waals surface area contributed by atoms with Crippen molar-refractivity contribution in [3.8, 4) is 11.5 Å². The number of hydrogen-bond donors (Lipinski definition) is 0. The molecule has 0 radical (unpaired) electrons. The van der Waals surface area contributed by atoms with Gasteiger partial charge in [0.25, 0.3) is 0 Å². The van der Waals surface area contributed by atoms with Crippen molar-refractivity contribution >= 4 is 22.6 Å². The van der Waals surface area contributed by atoms with Gasteiger partial charge in [-0.1, -0.05) is 36.4 Å². The summed E-state index contributed by atoms with van der Waals surface area (Å²) in [5.74, 6) is 2.67. The van der Waals surface area contributed by atoms with Gasteiger partial charge in [-0.25, -0.2) is 4.98 Å². The SMILES string of the molecule is COc1cccc(N2C[C@@H](c3nc4ccccc4n3CCOc3ccccc3C)CC2=O)c1. The zero-order valence-corrected chi connectivity index (χ0v) is 18.9. The molecule has 0 N–H and O–H groups in total. The van der Waals surface area contributed by atoms with Gasteiger partial charge in [0.2, 0.25) is 5.91 Å². The molecule has 0 aliphatic carbocycles. The van der Waals surface area contributed by atoms with Gasteiger partial charge >= 0.3 is 0 Å². The quantitative estimate of drug-likeness (QED) is 0.407. The maximum absolute atomic E-state index is 12.9. The average Bonchev–Trinajstić information content (AvgIpc) is 3.41. The van der Waals surface area contributed by atoms with E-state index in [1.165, 1.54) is 0 Å². The van der Waals surface area contributed by atoms with Gasteiger partial charge in [-0.15, -0.1) is 0 Å². The number of hydrogen-bond acceptors (Lipinski definition) is 4. The fraction of sp³-hybridized carbons (Fsp3) is 0.259. The topological polar surface area (TPSA) is 56.6 Å². The number of aryl methyl sites for hydroxylation is 1. The lowest BCUT2D eigenvalue weighted by Gasteiger charge is -2.18. The van der Waals surface area contributed by atoms with Crippen LogP contribution in [0, 0.1) is 6.92 Å². The van der Waals surface area contributed by atoms with Gasteiger partial charge in [-0.2, -0.15) is 0 Å². The number of fused-ring (bicyclic) bond motifs is 1. The summed E-state index contributed by atoms with van der Waals surface area (Å²) in [6, 6.07) is 23.8. The summed E-state index contributed by atoms with van der Waals surface area (Å²) in [7, 11) is 1.63. The Morgan fingerprint density at radius 3 is 2.70 bits per heavy atom. The first-order valence-corrected chi connectivity index (χ1v) is 11.2. The Kier molecular flexibility index (Phi) is 5.73. The Bertz CT molecular complexity index is 1300. The molecule has 3 aromatic carbocycles. The number of anilines is 1. The number of carbonyl (C=O) groups is 1. The summed E-state index contributed by atoms with van der Waals surface area (Å²) >= 11 is 0. The minimum Gasteiger partial charge on any atom is -0.497 e. The largest absolute Gasteiger partial charge is 0.497 e. The van der Waals surface area contributed by atoms with Crippen molar-refractivity contribution in [1.29, 1.82) is 0 Å². The Morgan fingerprint density at radius 1 is 1.03 bits per heavy atom. The van der Waals surface area contributed by atoms with Gasteiger partial charge in [0, 0.05) is 30.6 Å². The molecule has 1 aliphatic heterocycles. The van der Waals surface area contributed by atoms with Crippen molar-refractivity contribution < 1.29 is 14.3 Å². The Labute approximate surface area is 193 Å². The number of nitrogens with zero attached hydrogens (tertiary/aromatic N) is 3. The average molecular weight is 442 g/mol. The zero-order chi connectivity index (χ0) is 22.8. The van der Waals surface area contributed by atoms with Crippen molar-refractivity contribution in [2.24, 2.45) is 0 Å². The molecule has 0 spiro atoms. The number of amides is 1. The van der Waals surface area contributed by atoms with E-state index in [4.69, 9.17) is 14.5 Å². The first kappa shape index (κ1) is 21.1. The Hall–Kier alpha value is -3.80. The monoisotopic (exact) mass is 441 g/mol. The van der Waals surface area contributed by atoms with Gasteiger partial charge in [-0.3, -0.25) is 4.79 Å². The third-order valence-corrected chi connectivity index (χ3v) is 6.21. The molecule has 6 nitrogen and oxygen atoms in total. The highest BCUT2D eigenvalue weighted by Crippen LogP contribution is 2.34. The first-order valence-electron chi connectivity index (χ1n) is 11.2. The van der Waals surface area contributed by atoms with E-state index in [2.05, 4.69) is 10.6 Å². The number of para-hydroxylation sites is 3. The highest BCUT2D eigenvalue weighted by atomic mass is 16.5. The van der Waals surface area contributed by atoms with E-state index in [1.54, 1.807) is 7.11 Å². The van der Waals surface area contributed by atoms with Gasteiger partial charge in [0.1, 0.15) is 23.9 Å². The third-order valence-electron chi connectivity index (χ3n) is 6.21. The lowest BCUT2D eigenvalue weighted by Crippen LogP contribution is -2.24. The molecular weight excluding hydrogens is 414 g/mol. The van der Waals surface area contributed by atoms with Crippen LogP contribution in [-0.4, -0.2) is 35.7 Å². The van der Waals surface area contributed by atoms with Gasteiger partial charge in [-0.05, 0) is 42.8 Å². The molecule has 1 aliphatic rings. The molecule has 6 heteroatoms. The highest BCUT2D eigenvalue weighted by Gasteiger charge is 2.35. The van der Waals surface area contributed by atoms with E-state index < -0.39 is 0 Å². The number of ether oxygens (including phenoxy) is 2. The number of aromatic nitrogens is 2. The molecule has 168 valence electrons.